The van der Waals surface area contributed by atoms with Crippen molar-refractivity contribution < 1.29 is 4.39 Å². The zero-order valence-electron chi connectivity index (χ0n) is 9.11. The summed E-state index contributed by atoms with van der Waals surface area (Å²) in [5.41, 5.74) is 0.931. The Morgan fingerprint density at radius 1 is 1.19 bits per heavy atom. The summed E-state index contributed by atoms with van der Waals surface area (Å²) in [7, 11) is 0. The van der Waals surface area contributed by atoms with Gasteiger partial charge in [-0.15, -0.1) is 11.6 Å². The van der Waals surface area contributed by atoms with Crippen molar-refractivity contribution in [3.8, 4) is 0 Å². The topological polar surface area (TPSA) is 12.0 Å². The van der Waals surface area contributed by atoms with Crippen molar-refractivity contribution in [1.82, 2.24) is 5.32 Å². The molecule has 0 aliphatic carbocycles. The van der Waals surface area contributed by atoms with Crippen LogP contribution in [0.1, 0.15) is 24.8 Å². The molecule has 1 aromatic carbocycles. The predicted octanol–water partition coefficient (Wildman–Crippen LogP) is 3.98. The SMILES string of the molecule is Fc1ccc(CNCCCCCCl)c(Cl)c1. The van der Waals surface area contributed by atoms with Gasteiger partial charge in [-0.25, -0.2) is 4.39 Å². The Kier molecular flexibility index (Phi) is 6.78. The first-order chi connectivity index (χ1) is 7.74. The fourth-order valence-electron chi connectivity index (χ4n) is 1.41. The molecule has 0 unspecified atom stereocenters. The molecule has 0 amide bonds. The number of hydrogen-bond donors (Lipinski definition) is 1. The van der Waals surface area contributed by atoms with E-state index in [0.717, 1.165) is 37.3 Å². The van der Waals surface area contributed by atoms with Crippen LogP contribution < -0.4 is 5.32 Å². The van der Waals surface area contributed by atoms with E-state index in [4.69, 9.17) is 23.2 Å². The second-order valence-electron chi connectivity index (χ2n) is 3.66. The number of nitrogens with one attached hydrogen (secondary N) is 1. The first-order valence-electron chi connectivity index (χ1n) is 5.44. The number of halogens is 3. The van der Waals surface area contributed by atoms with Crippen LogP contribution in [0.15, 0.2) is 18.2 Å². The average Bonchev–Trinajstić information content (AvgIpc) is 2.26. The summed E-state index contributed by atoms with van der Waals surface area (Å²) in [5, 5.41) is 3.75. The van der Waals surface area contributed by atoms with Gasteiger partial charge in [0.25, 0.3) is 0 Å². The number of alkyl halides is 1. The summed E-state index contributed by atoms with van der Waals surface area (Å²) in [5.74, 6) is 0.430. The highest BCUT2D eigenvalue weighted by atomic mass is 35.5. The molecule has 1 nitrogen and oxygen atoms in total. The summed E-state index contributed by atoms with van der Waals surface area (Å²) < 4.78 is 12.8. The van der Waals surface area contributed by atoms with Crippen LogP contribution in [-0.4, -0.2) is 12.4 Å². The van der Waals surface area contributed by atoms with Crippen LogP contribution >= 0.6 is 23.2 Å². The molecular weight excluding hydrogens is 248 g/mol. The molecule has 0 spiro atoms. The second-order valence-corrected chi connectivity index (χ2v) is 4.45. The Labute approximate surface area is 106 Å². The fourth-order valence-corrected chi connectivity index (χ4v) is 1.83. The number of unbranched alkanes of at least 4 members (excludes halogenated alkanes) is 2. The zero-order valence-corrected chi connectivity index (χ0v) is 10.6. The number of benzene rings is 1. The second kappa shape index (κ2) is 7.88. The van der Waals surface area contributed by atoms with Gasteiger partial charge in [0.15, 0.2) is 0 Å². The lowest BCUT2D eigenvalue weighted by Crippen LogP contribution is -2.15. The van der Waals surface area contributed by atoms with E-state index in [2.05, 4.69) is 5.32 Å². The summed E-state index contributed by atoms with van der Waals surface area (Å²) in [6.07, 6.45) is 3.29. The van der Waals surface area contributed by atoms with Gasteiger partial charge in [-0.05, 0) is 37.1 Å². The van der Waals surface area contributed by atoms with Crippen LogP contribution in [0.25, 0.3) is 0 Å². The Balaban J connectivity index is 2.21. The van der Waals surface area contributed by atoms with Gasteiger partial charge in [0.1, 0.15) is 5.82 Å². The van der Waals surface area contributed by atoms with Crippen molar-refractivity contribution in [2.75, 3.05) is 12.4 Å². The van der Waals surface area contributed by atoms with Crippen molar-refractivity contribution in [3.05, 3.63) is 34.6 Å². The minimum atomic E-state index is -0.295. The van der Waals surface area contributed by atoms with E-state index in [1.54, 1.807) is 6.07 Å². The van der Waals surface area contributed by atoms with Crippen molar-refractivity contribution in [1.29, 1.82) is 0 Å². The van der Waals surface area contributed by atoms with E-state index in [0.29, 0.717) is 11.6 Å². The van der Waals surface area contributed by atoms with Gasteiger partial charge in [0.2, 0.25) is 0 Å². The first kappa shape index (κ1) is 13.8. The van der Waals surface area contributed by atoms with Crippen LogP contribution in [-0.2, 0) is 6.54 Å². The van der Waals surface area contributed by atoms with Crippen molar-refractivity contribution >= 4 is 23.2 Å². The Bertz CT molecular complexity index is 318. The summed E-state index contributed by atoms with van der Waals surface area (Å²) >= 11 is 11.5. The van der Waals surface area contributed by atoms with Gasteiger partial charge >= 0.3 is 0 Å². The van der Waals surface area contributed by atoms with E-state index in [1.165, 1.54) is 12.1 Å². The molecule has 90 valence electrons. The van der Waals surface area contributed by atoms with Gasteiger partial charge in [-0.1, -0.05) is 24.1 Å². The minimum absolute atomic E-state index is 0.295. The molecule has 0 aliphatic rings. The third-order valence-electron chi connectivity index (χ3n) is 2.32. The van der Waals surface area contributed by atoms with E-state index >= 15 is 0 Å². The van der Waals surface area contributed by atoms with Gasteiger partial charge in [0, 0.05) is 17.4 Å². The van der Waals surface area contributed by atoms with Crippen molar-refractivity contribution in [2.45, 2.75) is 25.8 Å². The Morgan fingerprint density at radius 3 is 2.69 bits per heavy atom. The Hall–Kier alpha value is -0.310. The van der Waals surface area contributed by atoms with Gasteiger partial charge < -0.3 is 5.32 Å². The lowest BCUT2D eigenvalue weighted by Gasteiger charge is -2.06. The van der Waals surface area contributed by atoms with Crippen LogP contribution in [0.5, 0.6) is 0 Å². The highest BCUT2D eigenvalue weighted by molar-refractivity contribution is 6.31. The smallest absolute Gasteiger partial charge is 0.124 e. The molecule has 1 rings (SSSR count). The van der Waals surface area contributed by atoms with Gasteiger partial charge in [-0.3, -0.25) is 0 Å². The van der Waals surface area contributed by atoms with Crippen LogP contribution in [0.4, 0.5) is 4.39 Å². The summed E-state index contributed by atoms with van der Waals surface area (Å²) in [6.45, 7) is 1.62. The molecule has 4 heteroatoms. The van der Waals surface area contributed by atoms with E-state index in [-0.39, 0.29) is 5.82 Å². The molecule has 16 heavy (non-hydrogen) atoms. The number of hydrogen-bond acceptors (Lipinski definition) is 1. The molecule has 0 fully saturated rings. The normalized spacial score (nSPS) is 10.7. The third kappa shape index (κ3) is 5.15. The summed E-state index contributed by atoms with van der Waals surface area (Å²) in [6, 6.07) is 4.48. The van der Waals surface area contributed by atoms with Crippen LogP contribution in [0.3, 0.4) is 0 Å². The highest BCUT2D eigenvalue weighted by Crippen LogP contribution is 2.16. The zero-order chi connectivity index (χ0) is 11.8. The third-order valence-corrected chi connectivity index (χ3v) is 2.94. The van der Waals surface area contributed by atoms with Crippen molar-refractivity contribution in [3.63, 3.8) is 0 Å². The maximum Gasteiger partial charge on any atom is 0.124 e. The van der Waals surface area contributed by atoms with E-state index in [9.17, 15) is 4.39 Å². The molecule has 0 saturated heterocycles. The van der Waals surface area contributed by atoms with Gasteiger partial charge in [0.05, 0.1) is 0 Å². The molecule has 0 saturated carbocycles. The highest BCUT2D eigenvalue weighted by Gasteiger charge is 2.00. The summed E-state index contributed by atoms with van der Waals surface area (Å²) in [4.78, 5) is 0. The standard InChI is InChI=1S/C12H16Cl2FN/c13-6-2-1-3-7-16-9-10-4-5-11(15)8-12(10)14/h4-5,8,16H,1-3,6-7,9H2. The van der Waals surface area contributed by atoms with Crippen LogP contribution in [0.2, 0.25) is 5.02 Å². The lowest BCUT2D eigenvalue weighted by atomic mass is 10.2. The number of rotatable bonds is 7. The largest absolute Gasteiger partial charge is 0.313 e. The molecule has 0 bridgehead atoms. The van der Waals surface area contributed by atoms with Crippen molar-refractivity contribution in [2.24, 2.45) is 0 Å². The van der Waals surface area contributed by atoms with E-state index in [1.807, 2.05) is 0 Å². The average molecular weight is 264 g/mol. The fraction of sp³-hybridized carbons (Fsp3) is 0.500. The first-order valence-corrected chi connectivity index (χ1v) is 6.36. The lowest BCUT2D eigenvalue weighted by molar-refractivity contribution is 0.612. The predicted molar refractivity (Wildman–Crippen MR) is 67.7 cm³/mol. The molecule has 0 heterocycles. The molecule has 1 aromatic rings. The molecule has 0 aromatic heterocycles. The quantitative estimate of drug-likeness (QED) is 0.580. The molecule has 0 atom stereocenters. The van der Waals surface area contributed by atoms with E-state index < -0.39 is 0 Å². The van der Waals surface area contributed by atoms with Crippen LogP contribution in [0, 0.1) is 5.82 Å². The maximum absolute atomic E-state index is 12.8. The molecular formula is C12H16Cl2FN. The maximum atomic E-state index is 12.8. The molecule has 1 N–H and O–H groups in total. The molecule has 0 radical (unpaired) electrons. The minimum Gasteiger partial charge on any atom is -0.313 e. The van der Waals surface area contributed by atoms with Gasteiger partial charge in [-0.2, -0.15) is 0 Å². The monoisotopic (exact) mass is 263 g/mol. The molecule has 0 aliphatic heterocycles. The Morgan fingerprint density at radius 2 is 2.00 bits per heavy atom.